The summed E-state index contributed by atoms with van der Waals surface area (Å²) in [5.41, 5.74) is 1.70. The molecule has 0 aromatic rings. The summed E-state index contributed by atoms with van der Waals surface area (Å²) in [4.78, 5) is 3.91. The fourth-order valence-corrected chi connectivity index (χ4v) is 0.368. The van der Waals surface area contributed by atoms with Gasteiger partial charge >= 0.3 is 0 Å². The molecule has 0 radical (unpaired) electrons. The fourth-order valence-electron chi connectivity index (χ4n) is 0.368. The summed E-state index contributed by atoms with van der Waals surface area (Å²) < 4.78 is 0. The first-order valence-corrected chi connectivity index (χ1v) is 2.69. The third-order valence-corrected chi connectivity index (χ3v) is 0.996. The van der Waals surface area contributed by atoms with E-state index in [-0.39, 0.29) is 0 Å². The Morgan fingerprint density at radius 2 is 2.00 bits per heavy atom. The average Bonchev–Trinajstić information content (AvgIpc) is 1.87. The van der Waals surface area contributed by atoms with E-state index in [1.165, 1.54) is 6.20 Å². The number of hydrogen-bond acceptors (Lipinski definition) is 1. The molecule has 0 N–H and O–H groups in total. The molecule has 0 saturated heterocycles. The van der Waals surface area contributed by atoms with E-state index in [1.807, 2.05) is 6.92 Å². The van der Waals surface area contributed by atoms with Crippen molar-refractivity contribution < 1.29 is 0 Å². The topological polar surface area (TPSA) is 12.4 Å². The van der Waals surface area contributed by atoms with Gasteiger partial charge in [0.2, 0.25) is 0 Å². The van der Waals surface area contributed by atoms with Gasteiger partial charge in [0.25, 0.3) is 0 Å². The Kier molecular flexibility index (Phi) is 3.37. The van der Waals surface area contributed by atoms with Gasteiger partial charge in [-0.2, -0.15) is 0 Å². The number of nitrogens with zero attached hydrogens (tertiary/aromatic N) is 1. The summed E-state index contributed by atoms with van der Waals surface area (Å²) >= 11 is 0. The molecule has 1 heteroatoms. The highest BCUT2D eigenvalue weighted by molar-refractivity contribution is 6.00. The van der Waals surface area contributed by atoms with Gasteiger partial charge in [-0.05, 0) is 12.5 Å². The van der Waals surface area contributed by atoms with Crippen molar-refractivity contribution in [3.63, 3.8) is 0 Å². The van der Waals surface area contributed by atoms with Crippen LogP contribution in [0.5, 0.6) is 0 Å². The van der Waals surface area contributed by atoms with Crippen LogP contribution in [0.4, 0.5) is 0 Å². The molecular formula is C8H11N. The number of allylic oxidation sites excluding steroid dienone is 2. The molecule has 1 nitrogen and oxygen atoms in total. The summed E-state index contributed by atoms with van der Waals surface area (Å²) in [6, 6.07) is 0. The third kappa shape index (κ3) is 2.65. The SMILES string of the molecule is C=CN=C(C)C(=C)C=C. The van der Waals surface area contributed by atoms with Gasteiger partial charge < -0.3 is 0 Å². The van der Waals surface area contributed by atoms with E-state index in [1.54, 1.807) is 6.08 Å². The largest absolute Gasteiger partial charge is 0.262 e. The maximum Gasteiger partial charge on any atom is 0.0438 e. The van der Waals surface area contributed by atoms with Gasteiger partial charge in [-0.25, -0.2) is 0 Å². The van der Waals surface area contributed by atoms with Gasteiger partial charge in [0.05, 0.1) is 0 Å². The minimum absolute atomic E-state index is 0.843. The van der Waals surface area contributed by atoms with E-state index in [4.69, 9.17) is 0 Å². The first kappa shape index (κ1) is 7.89. The van der Waals surface area contributed by atoms with Crippen molar-refractivity contribution in [3.05, 3.63) is 37.6 Å². The molecule has 0 aliphatic carbocycles. The Morgan fingerprint density at radius 1 is 1.44 bits per heavy atom. The monoisotopic (exact) mass is 121 g/mol. The van der Waals surface area contributed by atoms with Crippen LogP contribution < -0.4 is 0 Å². The molecule has 0 aromatic heterocycles. The molecule has 0 fully saturated rings. The van der Waals surface area contributed by atoms with Crippen LogP contribution in [0.15, 0.2) is 42.6 Å². The van der Waals surface area contributed by atoms with Crippen LogP contribution >= 0.6 is 0 Å². The lowest BCUT2D eigenvalue weighted by molar-refractivity contribution is 1.53. The molecule has 0 saturated carbocycles. The predicted octanol–water partition coefficient (Wildman–Crippen LogP) is 2.33. The van der Waals surface area contributed by atoms with Crippen LogP contribution in [0.1, 0.15) is 6.92 Å². The second-order valence-electron chi connectivity index (χ2n) is 1.63. The zero-order chi connectivity index (χ0) is 7.28. The van der Waals surface area contributed by atoms with Crippen molar-refractivity contribution in [2.45, 2.75) is 6.92 Å². The molecule has 9 heavy (non-hydrogen) atoms. The lowest BCUT2D eigenvalue weighted by Crippen LogP contribution is -1.89. The lowest BCUT2D eigenvalue weighted by Gasteiger charge is -1.93. The first-order valence-electron chi connectivity index (χ1n) is 2.69. The minimum atomic E-state index is 0.843. The lowest BCUT2D eigenvalue weighted by atomic mass is 10.2. The molecule has 0 rings (SSSR count). The third-order valence-electron chi connectivity index (χ3n) is 0.996. The number of aliphatic imine (C=N–C) groups is 1. The highest BCUT2D eigenvalue weighted by atomic mass is 14.7. The van der Waals surface area contributed by atoms with Crippen LogP contribution in [0.25, 0.3) is 0 Å². The molecule has 0 aromatic carbocycles. The molecular weight excluding hydrogens is 110 g/mol. The Balaban J connectivity index is 4.18. The van der Waals surface area contributed by atoms with E-state index in [0.29, 0.717) is 0 Å². The second kappa shape index (κ2) is 3.84. The molecule has 0 bridgehead atoms. The first-order chi connectivity index (χ1) is 4.22. The Hall–Kier alpha value is -1.11. The highest BCUT2D eigenvalue weighted by Gasteiger charge is 1.88. The molecule has 0 aliphatic rings. The van der Waals surface area contributed by atoms with E-state index in [2.05, 4.69) is 24.7 Å². The quantitative estimate of drug-likeness (QED) is 0.401. The summed E-state index contributed by atoms with van der Waals surface area (Å²) in [5.74, 6) is 0. The molecule has 0 atom stereocenters. The number of rotatable bonds is 3. The van der Waals surface area contributed by atoms with Gasteiger partial charge in [-0.15, -0.1) is 0 Å². The van der Waals surface area contributed by atoms with Crippen LogP contribution in [0.3, 0.4) is 0 Å². The second-order valence-corrected chi connectivity index (χ2v) is 1.63. The van der Waals surface area contributed by atoms with Gasteiger partial charge in [0.1, 0.15) is 0 Å². The summed E-state index contributed by atoms with van der Waals surface area (Å²) in [6.45, 7) is 12.6. The van der Waals surface area contributed by atoms with E-state index >= 15 is 0 Å². The van der Waals surface area contributed by atoms with Crippen LogP contribution in [0, 0.1) is 0 Å². The van der Waals surface area contributed by atoms with Crippen molar-refractivity contribution >= 4 is 5.71 Å². The van der Waals surface area contributed by atoms with Crippen LogP contribution in [-0.2, 0) is 0 Å². The van der Waals surface area contributed by atoms with Crippen LogP contribution in [0.2, 0.25) is 0 Å². The highest BCUT2D eigenvalue weighted by Crippen LogP contribution is 1.94. The summed E-state index contributed by atoms with van der Waals surface area (Å²) in [6.07, 6.45) is 3.16. The summed E-state index contributed by atoms with van der Waals surface area (Å²) in [5, 5.41) is 0. The maximum absolute atomic E-state index is 3.91. The van der Waals surface area contributed by atoms with Crippen molar-refractivity contribution in [2.24, 2.45) is 4.99 Å². The smallest absolute Gasteiger partial charge is 0.0438 e. The Bertz CT molecular complexity index is 163. The number of hydrogen-bond donors (Lipinski definition) is 0. The van der Waals surface area contributed by atoms with E-state index in [0.717, 1.165) is 11.3 Å². The van der Waals surface area contributed by atoms with Crippen molar-refractivity contribution in [1.29, 1.82) is 0 Å². The average molecular weight is 121 g/mol. The van der Waals surface area contributed by atoms with Gasteiger partial charge in [-0.3, -0.25) is 4.99 Å². The van der Waals surface area contributed by atoms with Gasteiger partial charge in [0, 0.05) is 11.9 Å². The van der Waals surface area contributed by atoms with Crippen LogP contribution in [-0.4, -0.2) is 5.71 Å². The van der Waals surface area contributed by atoms with E-state index in [9.17, 15) is 0 Å². The summed E-state index contributed by atoms with van der Waals surface area (Å²) in [7, 11) is 0. The fraction of sp³-hybridized carbons (Fsp3) is 0.125. The molecule has 0 spiro atoms. The van der Waals surface area contributed by atoms with Crippen molar-refractivity contribution in [1.82, 2.24) is 0 Å². The predicted molar refractivity (Wildman–Crippen MR) is 42.6 cm³/mol. The van der Waals surface area contributed by atoms with Gasteiger partial charge in [-0.1, -0.05) is 25.8 Å². The van der Waals surface area contributed by atoms with E-state index < -0.39 is 0 Å². The zero-order valence-corrected chi connectivity index (χ0v) is 5.72. The molecule has 48 valence electrons. The van der Waals surface area contributed by atoms with Gasteiger partial charge in [0.15, 0.2) is 0 Å². The standard InChI is InChI=1S/C8H11N/c1-5-7(3)8(4)9-6-2/h5-6H,1-3H2,4H3. The Morgan fingerprint density at radius 3 is 2.33 bits per heavy atom. The molecule has 0 heterocycles. The Labute approximate surface area is 56.1 Å². The zero-order valence-electron chi connectivity index (χ0n) is 5.72. The normalized spacial score (nSPS) is 10.6. The maximum atomic E-state index is 3.91. The van der Waals surface area contributed by atoms with Crippen molar-refractivity contribution in [3.8, 4) is 0 Å². The molecule has 0 unspecified atom stereocenters. The minimum Gasteiger partial charge on any atom is -0.262 e. The molecule has 0 aliphatic heterocycles. The molecule has 0 amide bonds. The van der Waals surface area contributed by atoms with Crippen molar-refractivity contribution in [2.75, 3.05) is 0 Å².